The summed E-state index contributed by atoms with van der Waals surface area (Å²) in [6, 6.07) is 5.15. The fraction of sp³-hybridized carbons (Fsp3) is 0. The van der Waals surface area contributed by atoms with Crippen molar-refractivity contribution in [3.8, 4) is 0 Å². The molecule has 0 saturated heterocycles. The summed E-state index contributed by atoms with van der Waals surface area (Å²) in [5.74, 6) is -0.241. The number of nitro benzene ring substituents is 1. The average Bonchev–Trinajstić information content (AvgIpc) is 2.81. The fourth-order valence-electron chi connectivity index (χ4n) is 1.26. The number of anilines is 1. The summed E-state index contributed by atoms with van der Waals surface area (Å²) in [5.41, 5.74) is -0.0664. The lowest BCUT2D eigenvalue weighted by Crippen LogP contribution is -2.12. The molecule has 2 rings (SSSR count). The van der Waals surface area contributed by atoms with Gasteiger partial charge in [0.15, 0.2) is 5.82 Å². The minimum absolute atomic E-state index is 0.104. The Labute approximate surface area is 105 Å². The zero-order chi connectivity index (χ0) is 13.1. The standard InChI is InChI=1S/C10H6ClN3O4/c11-7-5-6(1-2-8(7)14(16)17)10(15)12-9-3-4-18-13-9/h1-5H,(H,12,13,15). The van der Waals surface area contributed by atoms with Gasteiger partial charge < -0.3 is 9.84 Å². The van der Waals surface area contributed by atoms with Gasteiger partial charge in [0.2, 0.25) is 0 Å². The number of hydrogen-bond donors (Lipinski definition) is 1. The van der Waals surface area contributed by atoms with Gasteiger partial charge in [0, 0.05) is 17.7 Å². The van der Waals surface area contributed by atoms with E-state index >= 15 is 0 Å². The van der Waals surface area contributed by atoms with Crippen molar-refractivity contribution in [2.75, 3.05) is 5.32 Å². The highest BCUT2D eigenvalue weighted by Crippen LogP contribution is 2.25. The second kappa shape index (κ2) is 4.84. The summed E-state index contributed by atoms with van der Waals surface area (Å²) in [6.45, 7) is 0. The molecule has 7 nitrogen and oxygen atoms in total. The van der Waals surface area contributed by atoms with Crippen LogP contribution in [-0.4, -0.2) is 16.0 Å². The average molecular weight is 268 g/mol. The quantitative estimate of drug-likeness (QED) is 0.680. The summed E-state index contributed by atoms with van der Waals surface area (Å²) in [7, 11) is 0. The van der Waals surface area contributed by atoms with Crippen LogP contribution in [0.15, 0.2) is 35.1 Å². The van der Waals surface area contributed by atoms with Gasteiger partial charge in [-0.2, -0.15) is 0 Å². The lowest BCUT2D eigenvalue weighted by Gasteiger charge is -2.02. The molecule has 1 aromatic carbocycles. The first-order chi connectivity index (χ1) is 8.58. The van der Waals surface area contributed by atoms with E-state index in [-0.39, 0.29) is 22.1 Å². The van der Waals surface area contributed by atoms with E-state index in [4.69, 9.17) is 11.6 Å². The molecule has 18 heavy (non-hydrogen) atoms. The van der Waals surface area contributed by atoms with Crippen LogP contribution >= 0.6 is 11.6 Å². The fourth-order valence-corrected chi connectivity index (χ4v) is 1.51. The second-order valence-corrected chi connectivity index (χ2v) is 3.67. The number of aromatic nitrogens is 1. The predicted octanol–water partition coefficient (Wildman–Crippen LogP) is 2.49. The van der Waals surface area contributed by atoms with Crippen molar-refractivity contribution in [1.29, 1.82) is 0 Å². The molecule has 0 saturated carbocycles. The SMILES string of the molecule is O=C(Nc1ccon1)c1ccc([N+](=O)[O-])c(Cl)c1. The third kappa shape index (κ3) is 2.46. The molecule has 1 amide bonds. The maximum atomic E-state index is 11.7. The Bertz CT molecular complexity index is 597. The first-order valence-electron chi connectivity index (χ1n) is 4.73. The largest absolute Gasteiger partial charge is 0.363 e. The predicted molar refractivity (Wildman–Crippen MR) is 62.6 cm³/mol. The van der Waals surface area contributed by atoms with Crippen LogP contribution in [-0.2, 0) is 0 Å². The molecule has 1 heterocycles. The van der Waals surface area contributed by atoms with Gasteiger partial charge in [-0.05, 0) is 12.1 Å². The zero-order valence-electron chi connectivity index (χ0n) is 8.79. The highest BCUT2D eigenvalue weighted by atomic mass is 35.5. The van der Waals surface area contributed by atoms with Crippen LogP contribution in [0.1, 0.15) is 10.4 Å². The van der Waals surface area contributed by atoms with E-state index in [1.54, 1.807) is 0 Å². The second-order valence-electron chi connectivity index (χ2n) is 3.26. The van der Waals surface area contributed by atoms with Crippen LogP contribution in [0.2, 0.25) is 5.02 Å². The number of rotatable bonds is 3. The molecule has 0 bridgehead atoms. The Morgan fingerprint density at radius 3 is 2.78 bits per heavy atom. The lowest BCUT2D eigenvalue weighted by molar-refractivity contribution is -0.384. The summed E-state index contributed by atoms with van der Waals surface area (Å²) >= 11 is 5.69. The molecular formula is C10H6ClN3O4. The lowest BCUT2D eigenvalue weighted by atomic mass is 10.2. The van der Waals surface area contributed by atoms with Crippen molar-refractivity contribution in [3.05, 3.63) is 51.2 Å². The molecule has 0 unspecified atom stereocenters. The summed E-state index contributed by atoms with van der Waals surface area (Å²) in [4.78, 5) is 21.7. The zero-order valence-corrected chi connectivity index (χ0v) is 9.55. The summed E-state index contributed by atoms with van der Waals surface area (Å²) in [5, 5.41) is 16.4. The maximum Gasteiger partial charge on any atom is 0.287 e. The molecule has 0 aliphatic heterocycles. The van der Waals surface area contributed by atoms with Crippen molar-refractivity contribution >= 4 is 29.0 Å². The van der Waals surface area contributed by atoms with E-state index in [1.165, 1.54) is 30.5 Å². The number of nitrogens with one attached hydrogen (secondary N) is 1. The normalized spacial score (nSPS) is 10.1. The van der Waals surface area contributed by atoms with Gasteiger partial charge in [-0.25, -0.2) is 0 Å². The van der Waals surface area contributed by atoms with E-state index in [1.807, 2.05) is 0 Å². The van der Waals surface area contributed by atoms with Crippen LogP contribution in [0.25, 0.3) is 0 Å². The van der Waals surface area contributed by atoms with Gasteiger partial charge >= 0.3 is 0 Å². The van der Waals surface area contributed by atoms with Gasteiger partial charge in [0.1, 0.15) is 11.3 Å². The van der Waals surface area contributed by atoms with Crippen LogP contribution in [0.3, 0.4) is 0 Å². The molecule has 1 N–H and O–H groups in total. The minimum Gasteiger partial charge on any atom is -0.363 e. The molecule has 0 radical (unpaired) electrons. The van der Waals surface area contributed by atoms with Crippen molar-refractivity contribution in [2.45, 2.75) is 0 Å². The van der Waals surface area contributed by atoms with Gasteiger partial charge in [-0.3, -0.25) is 14.9 Å². The van der Waals surface area contributed by atoms with Crippen molar-refractivity contribution in [2.24, 2.45) is 0 Å². The minimum atomic E-state index is -0.623. The Hall–Kier alpha value is -2.41. The maximum absolute atomic E-state index is 11.7. The number of nitro groups is 1. The number of hydrogen-bond acceptors (Lipinski definition) is 5. The number of nitrogens with zero attached hydrogens (tertiary/aromatic N) is 2. The summed E-state index contributed by atoms with van der Waals surface area (Å²) < 4.78 is 4.55. The van der Waals surface area contributed by atoms with Crippen LogP contribution in [0.5, 0.6) is 0 Å². The Kier molecular flexibility index (Phi) is 3.24. The van der Waals surface area contributed by atoms with Crippen LogP contribution in [0.4, 0.5) is 11.5 Å². The third-order valence-corrected chi connectivity index (χ3v) is 2.39. The van der Waals surface area contributed by atoms with Crippen molar-refractivity contribution in [1.82, 2.24) is 5.16 Å². The number of carbonyl (C=O) groups is 1. The molecule has 8 heteroatoms. The molecular weight excluding hydrogens is 262 g/mol. The molecule has 0 aliphatic rings. The number of halogens is 1. The first-order valence-corrected chi connectivity index (χ1v) is 5.11. The van der Waals surface area contributed by atoms with Crippen LogP contribution in [0, 0.1) is 10.1 Å². The molecule has 0 atom stereocenters. The van der Waals surface area contributed by atoms with Gasteiger partial charge in [-0.1, -0.05) is 16.8 Å². The van der Waals surface area contributed by atoms with Gasteiger partial charge in [0.05, 0.1) is 4.92 Å². The molecule has 0 fully saturated rings. The van der Waals surface area contributed by atoms with E-state index in [9.17, 15) is 14.9 Å². The summed E-state index contributed by atoms with van der Waals surface area (Å²) in [6.07, 6.45) is 1.30. The van der Waals surface area contributed by atoms with E-state index in [0.717, 1.165) is 0 Å². The van der Waals surface area contributed by atoms with E-state index in [2.05, 4.69) is 15.0 Å². The molecule has 1 aromatic heterocycles. The van der Waals surface area contributed by atoms with Gasteiger partial charge in [-0.15, -0.1) is 0 Å². The highest BCUT2D eigenvalue weighted by molar-refractivity contribution is 6.33. The third-order valence-electron chi connectivity index (χ3n) is 2.09. The monoisotopic (exact) mass is 267 g/mol. The molecule has 2 aromatic rings. The number of carbonyl (C=O) groups excluding carboxylic acids is 1. The van der Waals surface area contributed by atoms with Gasteiger partial charge in [0.25, 0.3) is 11.6 Å². The Balaban J connectivity index is 2.21. The Morgan fingerprint density at radius 1 is 1.44 bits per heavy atom. The van der Waals surface area contributed by atoms with E-state index in [0.29, 0.717) is 0 Å². The molecule has 0 spiro atoms. The topological polar surface area (TPSA) is 98.3 Å². The smallest absolute Gasteiger partial charge is 0.287 e. The highest BCUT2D eigenvalue weighted by Gasteiger charge is 2.15. The number of amides is 1. The first kappa shape index (κ1) is 12.1. The molecule has 92 valence electrons. The Morgan fingerprint density at radius 2 is 2.22 bits per heavy atom. The van der Waals surface area contributed by atoms with E-state index < -0.39 is 10.8 Å². The van der Waals surface area contributed by atoms with Crippen molar-refractivity contribution in [3.63, 3.8) is 0 Å². The van der Waals surface area contributed by atoms with Crippen molar-refractivity contribution < 1.29 is 14.2 Å². The van der Waals surface area contributed by atoms with Crippen LogP contribution < -0.4 is 5.32 Å². The molecule has 0 aliphatic carbocycles. The number of benzene rings is 1.